The van der Waals surface area contributed by atoms with Crippen LogP contribution in [0.2, 0.25) is 0 Å². The van der Waals surface area contributed by atoms with Crippen LogP contribution in [-0.4, -0.2) is 33.0 Å². The molecule has 1 aliphatic carbocycles. The lowest BCUT2D eigenvalue weighted by molar-refractivity contribution is 0.0424. The number of hydrogen-bond acceptors (Lipinski definition) is 4. The van der Waals surface area contributed by atoms with E-state index in [1.165, 1.54) is 20.0 Å². The molecular formula is C17H27NO4S. The topological polar surface area (TPSA) is 64.6 Å². The van der Waals surface area contributed by atoms with Crippen molar-refractivity contribution < 1.29 is 17.9 Å². The number of sulfonamides is 1. The van der Waals surface area contributed by atoms with Gasteiger partial charge >= 0.3 is 0 Å². The summed E-state index contributed by atoms with van der Waals surface area (Å²) in [5, 5.41) is 0. The van der Waals surface area contributed by atoms with Gasteiger partial charge in [0.05, 0.1) is 17.5 Å². The highest BCUT2D eigenvalue weighted by Gasteiger charge is 2.25. The Labute approximate surface area is 139 Å². The second-order valence-electron chi connectivity index (χ2n) is 6.71. The molecule has 0 radical (unpaired) electrons. The molecule has 130 valence electrons. The zero-order chi connectivity index (χ0) is 16.9. The Hall–Kier alpha value is -1.11. The summed E-state index contributed by atoms with van der Waals surface area (Å²) in [5.74, 6) is 0.781. The van der Waals surface area contributed by atoms with Crippen molar-refractivity contribution in [2.45, 2.75) is 57.8 Å². The number of hydrogen-bond donors (Lipinski definition) is 1. The van der Waals surface area contributed by atoms with Crippen molar-refractivity contribution >= 4 is 10.0 Å². The largest absolute Gasteiger partial charge is 0.490 e. The molecule has 1 aromatic rings. The third kappa shape index (κ3) is 6.12. The van der Waals surface area contributed by atoms with Crippen LogP contribution in [0.5, 0.6) is 5.75 Å². The minimum absolute atomic E-state index is 0.0701. The molecule has 0 aliphatic heterocycles. The van der Waals surface area contributed by atoms with Crippen LogP contribution in [0.1, 0.15) is 45.1 Å². The average molecular weight is 341 g/mol. The molecule has 0 amide bonds. The van der Waals surface area contributed by atoms with Crippen LogP contribution >= 0.6 is 0 Å². The molecule has 5 nitrogen and oxygen atoms in total. The van der Waals surface area contributed by atoms with E-state index in [1.807, 2.05) is 24.3 Å². The molecular weight excluding hydrogens is 314 g/mol. The number of rotatable bonds is 8. The minimum atomic E-state index is -3.38. The van der Waals surface area contributed by atoms with E-state index in [-0.39, 0.29) is 12.3 Å². The Morgan fingerprint density at radius 3 is 2.35 bits per heavy atom. The van der Waals surface area contributed by atoms with Crippen LogP contribution in [0.15, 0.2) is 24.3 Å². The predicted molar refractivity (Wildman–Crippen MR) is 91.0 cm³/mol. The molecule has 0 saturated heterocycles. The number of nitrogens with one attached hydrogen (secondary N) is 1. The van der Waals surface area contributed by atoms with Gasteiger partial charge in [0.1, 0.15) is 5.75 Å². The van der Waals surface area contributed by atoms with Gasteiger partial charge in [-0.1, -0.05) is 12.1 Å². The monoisotopic (exact) mass is 341 g/mol. The maximum atomic E-state index is 12.1. The van der Waals surface area contributed by atoms with Gasteiger partial charge in [0, 0.05) is 13.7 Å². The van der Waals surface area contributed by atoms with Crippen molar-refractivity contribution in [3.05, 3.63) is 29.8 Å². The number of ether oxygens (including phenoxy) is 2. The first kappa shape index (κ1) is 18.2. The number of benzene rings is 1. The first-order valence-electron chi connectivity index (χ1n) is 8.08. The van der Waals surface area contributed by atoms with Crippen LogP contribution < -0.4 is 9.46 Å². The Morgan fingerprint density at radius 2 is 1.78 bits per heavy atom. The normalized spacial score (nSPS) is 16.7. The Balaban J connectivity index is 1.85. The second-order valence-corrected chi connectivity index (χ2v) is 8.52. The highest BCUT2D eigenvalue weighted by atomic mass is 32.2. The summed E-state index contributed by atoms with van der Waals surface area (Å²) in [5.41, 5.74) is 0.202. The fraction of sp³-hybridized carbons (Fsp3) is 0.647. The van der Waals surface area contributed by atoms with Crippen molar-refractivity contribution in [1.29, 1.82) is 0 Å². The summed E-state index contributed by atoms with van der Waals surface area (Å²) in [6.45, 7) is 3.77. The van der Waals surface area contributed by atoms with Gasteiger partial charge in [0.2, 0.25) is 10.0 Å². The van der Waals surface area contributed by atoms with Gasteiger partial charge in [-0.05, 0) is 57.2 Å². The Bertz CT molecular complexity index is 590. The first-order valence-corrected chi connectivity index (χ1v) is 9.73. The fourth-order valence-electron chi connectivity index (χ4n) is 2.65. The highest BCUT2D eigenvalue weighted by molar-refractivity contribution is 7.89. The first-order chi connectivity index (χ1) is 10.8. The van der Waals surface area contributed by atoms with E-state index in [0.717, 1.165) is 24.2 Å². The number of methoxy groups -OCH3 is 1. The fourth-order valence-corrected chi connectivity index (χ4v) is 4.17. The van der Waals surface area contributed by atoms with Crippen LogP contribution in [-0.2, 0) is 21.3 Å². The molecule has 1 saturated carbocycles. The summed E-state index contributed by atoms with van der Waals surface area (Å²) < 4.78 is 37.8. The lowest BCUT2D eigenvalue weighted by atomic mass is 10.2. The van der Waals surface area contributed by atoms with E-state index < -0.39 is 15.6 Å². The van der Waals surface area contributed by atoms with E-state index in [4.69, 9.17) is 9.47 Å². The molecule has 23 heavy (non-hydrogen) atoms. The van der Waals surface area contributed by atoms with E-state index in [0.29, 0.717) is 6.10 Å². The minimum Gasteiger partial charge on any atom is -0.490 e. The Morgan fingerprint density at radius 1 is 1.17 bits per heavy atom. The van der Waals surface area contributed by atoms with Crippen molar-refractivity contribution in [3.63, 3.8) is 0 Å². The molecule has 1 aromatic carbocycles. The molecule has 0 bridgehead atoms. The molecule has 0 atom stereocenters. The van der Waals surface area contributed by atoms with Crippen LogP contribution in [0.4, 0.5) is 0 Å². The average Bonchev–Trinajstić information content (AvgIpc) is 2.99. The smallest absolute Gasteiger partial charge is 0.214 e. The standard InChI is InChI=1S/C17H27NO4S/c1-17(2,21-3)13-23(19,20)18-12-14-8-10-16(11-9-14)22-15-6-4-5-7-15/h8-11,15,18H,4-7,12-13H2,1-3H3. The van der Waals surface area contributed by atoms with Gasteiger partial charge in [-0.3, -0.25) is 0 Å². The zero-order valence-corrected chi connectivity index (χ0v) is 15.0. The molecule has 6 heteroatoms. The van der Waals surface area contributed by atoms with Crippen LogP contribution in [0.25, 0.3) is 0 Å². The van der Waals surface area contributed by atoms with Gasteiger partial charge in [-0.25, -0.2) is 13.1 Å². The van der Waals surface area contributed by atoms with Gasteiger partial charge in [0.15, 0.2) is 0 Å². The third-order valence-electron chi connectivity index (χ3n) is 4.11. The maximum Gasteiger partial charge on any atom is 0.214 e. The van der Waals surface area contributed by atoms with Gasteiger partial charge in [-0.2, -0.15) is 0 Å². The summed E-state index contributed by atoms with van der Waals surface area (Å²) in [4.78, 5) is 0. The summed E-state index contributed by atoms with van der Waals surface area (Å²) >= 11 is 0. The molecule has 0 heterocycles. The summed E-state index contributed by atoms with van der Waals surface area (Å²) in [6, 6.07) is 7.60. The molecule has 0 spiro atoms. The van der Waals surface area contributed by atoms with Gasteiger partial charge < -0.3 is 9.47 Å². The quantitative estimate of drug-likeness (QED) is 0.790. The Kier molecular flexibility index (Phi) is 6.06. The molecule has 1 aliphatic rings. The maximum absolute atomic E-state index is 12.1. The van der Waals surface area contributed by atoms with E-state index in [1.54, 1.807) is 13.8 Å². The van der Waals surface area contributed by atoms with E-state index >= 15 is 0 Å². The van der Waals surface area contributed by atoms with E-state index in [2.05, 4.69) is 4.72 Å². The molecule has 0 unspecified atom stereocenters. The SMILES string of the molecule is COC(C)(C)CS(=O)(=O)NCc1ccc(OC2CCCC2)cc1. The molecule has 1 fully saturated rings. The van der Waals surface area contributed by atoms with Crippen molar-refractivity contribution in [2.24, 2.45) is 0 Å². The van der Waals surface area contributed by atoms with Crippen molar-refractivity contribution in [1.82, 2.24) is 4.72 Å². The molecule has 0 aromatic heterocycles. The molecule has 1 N–H and O–H groups in total. The van der Waals surface area contributed by atoms with Crippen LogP contribution in [0, 0.1) is 0 Å². The predicted octanol–water partition coefficient (Wildman–Crippen LogP) is 2.85. The third-order valence-corrected chi connectivity index (χ3v) is 5.77. The van der Waals surface area contributed by atoms with Crippen LogP contribution in [0.3, 0.4) is 0 Å². The van der Waals surface area contributed by atoms with E-state index in [9.17, 15) is 8.42 Å². The zero-order valence-electron chi connectivity index (χ0n) is 14.2. The lowest BCUT2D eigenvalue weighted by Gasteiger charge is -2.22. The highest BCUT2D eigenvalue weighted by Crippen LogP contribution is 2.24. The van der Waals surface area contributed by atoms with Crippen molar-refractivity contribution in [2.75, 3.05) is 12.9 Å². The van der Waals surface area contributed by atoms with Gasteiger partial charge in [-0.15, -0.1) is 0 Å². The second kappa shape index (κ2) is 7.64. The summed E-state index contributed by atoms with van der Waals surface area (Å²) in [6.07, 6.45) is 5.05. The molecule has 2 rings (SSSR count). The lowest BCUT2D eigenvalue weighted by Crippen LogP contribution is -2.38. The van der Waals surface area contributed by atoms with Gasteiger partial charge in [0.25, 0.3) is 0 Å². The van der Waals surface area contributed by atoms with Crippen molar-refractivity contribution in [3.8, 4) is 5.75 Å². The summed E-state index contributed by atoms with van der Waals surface area (Å²) in [7, 11) is -1.87.